The highest BCUT2D eigenvalue weighted by Gasteiger charge is 2.29. The fraction of sp³-hybridized carbons (Fsp3) is 0.136. The molecule has 0 fully saturated rings. The van der Waals surface area contributed by atoms with E-state index < -0.39 is 0 Å². The highest BCUT2D eigenvalue weighted by Crippen LogP contribution is 2.41. The third kappa shape index (κ3) is 2.97. The third-order valence-corrected chi connectivity index (χ3v) is 7.08. The lowest BCUT2D eigenvalue weighted by atomic mass is 9.90. The molecule has 0 radical (unpaired) electrons. The number of thiophene rings is 1. The number of carbonyl (C=O) groups is 1. The Labute approximate surface area is 165 Å². The number of aryl methyl sites for hydroxylation is 1. The Hall–Kier alpha value is -2.50. The van der Waals surface area contributed by atoms with Gasteiger partial charge in [-0.2, -0.15) is 0 Å². The Morgan fingerprint density at radius 3 is 2.67 bits per heavy atom. The molecule has 1 aliphatic carbocycles. The Balaban J connectivity index is 1.55. The molecule has 5 heteroatoms. The number of ketones is 1. The molecule has 0 saturated carbocycles. The van der Waals surface area contributed by atoms with Crippen molar-refractivity contribution in [2.75, 3.05) is 0 Å². The topological polar surface area (TPSA) is 42.9 Å². The molecule has 0 bridgehead atoms. The minimum absolute atomic E-state index is 0.0958. The minimum Gasteiger partial charge on any atom is -0.293 e. The quantitative estimate of drug-likeness (QED) is 0.426. The summed E-state index contributed by atoms with van der Waals surface area (Å²) in [6, 6.07) is 18.2. The molecule has 4 aromatic rings. The number of benzene rings is 2. The van der Waals surface area contributed by atoms with Gasteiger partial charge in [0.05, 0.1) is 10.6 Å². The lowest BCUT2D eigenvalue weighted by Gasteiger charge is -2.22. The zero-order valence-corrected chi connectivity index (χ0v) is 16.1. The summed E-state index contributed by atoms with van der Waals surface area (Å²) in [5.74, 6) is 0.213. The van der Waals surface area contributed by atoms with Crippen LogP contribution in [0.2, 0.25) is 0 Å². The molecule has 2 heterocycles. The van der Waals surface area contributed by atoms with Gasteiger partial charge in [-0.1, -0.05) is 66.4 Å². The molecule has 1 aliphatic rings. The van der Waals surface area contributed by atoms with E-state index >= 15 is 0 Å². The van der Waals surface area contributed by atoms with Gasteiger partial charge in [0.1, 0.15) is 16.2 Å². The first-order valence-electron chi connectivity index (χ1n) is 8.87. The maximum absolute atomic E-state index is 13.0. The van der Waals surface area contributed by atoms with Crippen molar-refractivity contribution in [3.63, 3.8) is 0 Å². The van der Waals surface area contributed by atoms with Crippen LogP contribution in [0.1, 0.15) is 22.3 Å². The highest BCUT2D eigenvalue weighted by molar-refractivity contribution is 8.00. The zero-order valence-electron chi connectivity index (χ0n) is 14.5. The number of carbonyl (C=O) groups excluding carboxylic acids is 1. The highest BCUT2D eigenvalue weighted by atomic mass is 32.2. The van der Waals surface area contributed by atoms with Crippen molar-refractivity contribution in [1.82, 2.24) is 9.97 Å². The Bertz CT molecular complexity index is 1140. The molecule has 0 unspecified atom stereocenters. The van der Waals surface area contributed by atoms with Crippen LogP contribution in [0.25, 0.3) is 21.3 Å². The van der Waals surface area contributed by atoms with Crippen LogP contribution in [0.5, 0.6) is 0 Å². The summed E-state index contributed by atoms with van der Waals surface area (Å²) in [6.45, 7) is 0. The first kappa shape index (κ1) is 16.7. The number of fused-ring (bicyclic) bond motifs is 2. The van der Waals surface area contributed by atoms with Gasteiger partial charge in [0.2, 0.25) is 0 Å². The number of nitrogens with zero attached hydrogens (tertiary/aromatic N) is 2. The zero-order chi connectivity index (χ0) is 18.2. The van der Waals surface area contributed by atoms with Gasteiger partial charge in [-0.15, -0.1) is 11.3 Å². The van der Waals surface area contributed by atoms with Crippen LogP contribution >= 0.6 is 23.1 Å². The van der Waals surface area contributed by atoms with E-state index in [9.17, 15) is 4.79 Å². The van der Waals surface area contributed by atoms with Crippen LogP contribution in [0, 0.1) is 0 Å². The first-order chi connectivity index (χ1) is 13.3. The van der Waals surface area contributed by atoms with Crippen molar-refractivity contribution in [2.45, 2.75) is 23.1 Å². The monoisotopic (exact) mass is 388 g/mol. The van der Waals surface area contributed by atoms with Crippen LogP contribution < -0.4 is 0 Å². The molecule has 0 aliphatic heterocycles. The maximum atomic E-state index is 13.0. The van der Waals surface area contributed by atoms with Crippen molar-refractivity contribution in [3.05, 3.63) is 77.4 Å². The van der Waals surface area contributed by atoms with E-state index in [4.69, 9.17) is 0 Å². The summed E-state index contributed by atoms with van der Waals surface area (Å²) in [5.41, 5.74) is 4.32. The largest absolute Gasteiger partial charge is 0.293 e. The Morgan fingerprint density at radius 1 is 0.963 bits per heavy atom. The molecule has 3 nitrogen and oxygen atoms in total. The lowest BCUT2D eigenvalue weighted by molar-refractivity contribution is 0.0979. The molecule has 2 aromatic heterocycles. The normalized spacial score (nSPS) is 16.4. The SMILES string of the molecule is O=C1c2ccccc2CC[C@@H]1Sc1ncnc2scc(-c3ccccc3)c12. The predicted molar refractivity (Wildman–Crippen MR) is 112 cm³/mol. The average Bonchev–Trinajstić information content (AvgIpc) is 3.16. The minimum atomic E-state index is -0.0958. The molecule has 0 saturated heterocycles. The molecule has 1 atom stereocenters. The Kier molecular flexibility index (Phi) is 4.26. The van der Waals surface area contributed by atoms with Crippen LogP contribution in [0.15, 0.2) is 71.3 Å². The van der Waals surface area contributed by atoms with Crippen molar-refractivity contribution >= 4 is 39.1 Å². The average molecular weight is 389 g/mol. The lowest BCUT2D eigenvalue weighted by Crippen LogP contribution is -2.24. The van der Waals surface area contributed by atoms with E-state index in [1.807, 2.05) is 36.4 Å². The van der Waals surface area contributed by atoms with Crippen molar-refractivity contribution in [1.29, 1.82) is 0 Å². The van der Waals surface area contributed by atoms with E-state index in [0.29, 0.717) is 0 Å². The second-order valence-corrected chi connectivity index (χ2v) is 8.59. The van der Waals surface area contributed by atoms with Crippen molar-refractivity contribution in [2.24, 2.45) is 0 Å². The van der Waals surface area contributed by atoms with Crippen LogP contribution in [0.4, 0.5) is 0 Å². The van der Waals surface area contributed by atoms with Crippen LogP contribution in [-0.4, -0.2) is 21.0 Å². The predicted octanol–water partition coefficient (Wildman–Crippen LogP) is 5.65. The molecule has 0 spiro atoms. The van der Waals surface area contributed by atoms with Crippen LogP contribution in [-0.2, 0) is 6.42 Å². The van der Waals surface area contributed by atoms with E-state index in [1.165, 1.54) is 0 Å². The van der Waals surface area contributed by atoms with Crippen LogP contribution in [0.3, 0.4) is 0 Å². The molecule has 0 amide bonds. The molecular weight excluding hydrogens is 372 g/mol. The number of rotatable bonds is 3. The summed E-state index contributed by atoms with van der Waals surface area (Å²) in [4.78, 5) is 23.0. The number of Topliss-reactive ketones (excluding diaryl/α,β-unsaturated/α-hetero) is 1. The third-order valence-electron chi connectivity index (χ3n) is 4.93. The number of hydrogen-bond donors (Lipinski definition) is 0. The number of aromatic nitrogens is 2. The van der Waals surface area contributed by atoms with Gasteiger partial charge >= 0.3 is 0 Å². The molecule has 0 N–H and O–H groups in total. The van der Waals surface area contributed by atoms with Crippen molar-refractivity contribution < 1.29 is 4.79 Å². The number of thioether (sulfide) groups is 1. The van der Waals surface area contributed by atoms with Gasteiger partial charge in [-0.25, -0.2) is 9.97 Å². The van der Waals surface area contributed by atoms with Gasteiger partial charge in [0.25, 0.3) is 0 Å². The fourth-order valence-corrected chi connectivity index (χ4v) is 5.74. The van der Waals surface area contributed by atoms with E-state index in [2.05, 4.69) is 33.5 Å². The van der Waals surface area contributed by atoms with Gasteiger partial charge in [0.15, 0.2) is 5.78 Å². The summed E-state index contributed by atoms with van der Waals surface area (Å²) in [6.07, 6.45) is 3.39. The molecular formula is C22H16N2OS2. The smallest absolute Gasteiger partial charge is 0.176 e. The number of hydrogen-bond acceptors (Lipinski definition) is 5. The van der Waals surface area contributed by atoms with E-state index in [1.54, 1.807) is 29.4 Å². The van der Waals surface area contributed by atoms with Gasteiger partial charge in [-0.3, -0.25) is 4.79 Å². The second kappa shape index (κ2) is 6.91. The maximum Gasteiger partial charge on any atom is 0.176 e. The van der Waals surface area contributed by atoms with Gasteiger partial charge in [0, 0.05) is 16.5 Å². The summed E-state index contributed by atoms with van der Waals surface area (Å²) >= 11 is 3.21. The molecule has 132 valence electrons. The molecule has 5 rings (SSSR count). The molecule has 2 aromatic carbocycles. The first-order valence-corrected chi connectivity index (χ1v) is 10.6. The van der Waals surface area contributed by atoms with Crippen molar-refractivity contribution in [3.8, 4) is 11.1 Å². The van der Waals surface area contributed by atoms with Gasteiger partial charge in [-0.05, 0) is 24.0 Å². The fourth-order valence-electron chi connectivity index (χ4n) is 3.58. The second-order valence-electron chi connectivity index (χ2n) is 6.54. The summed E-state index contributed by atoms with van der Waals surface area (Å²) in [7, 11) is 0. The molecule has 27 heavy (non-hydrogen) atoms. The summed E-state index contributed by atoms with van der Waals surface area (Å²) < 4.78 is 0. The summed E-state index contributed by atoms with van der Waals surface area (Å²) in [5, 5.41) is 4.00. The van der Waals surface area contributed by atoms with E-state index in [-0.39, 0.29) is 11.0 Å². The Morgan fingerprint density at radius 2 is 1.78 bits per heavy atom. The van der Waals surface area contributed by atoms with Gasteiger partial charge < -0.3 is 0 Å². The standard InChI is InChI=1S/C22H16N2OS2/c25-20-16-9-5-4-8-15(16)10-11-18(20)27-22-19-17(14-6-2-1-3-7-14)12-26-21(19)23-13-24-22/h1-9,12-13,18H,10-11H2/t18-/m0/s1. The van der Waals surface area contributed by atoms with E-state index in [0.717, 1.165) is 50.3 Å².